The molecule has 0 saturated heterocycles. The highest BCUT2D eigenvalue weighted by Crippen LogP contribution is 2.20. The van der Waals surface area contributed by atoms with Crippen LogP contribution in [0.15, 0.2) is 18.2 Å². The van der Waals surface area contributed by atoms with Gasteiger partial charge in [0.25, 0.3) is 0 Å². The SMILES string of the molecule is CC(=O)Nc1ccc(C)c(NC(=O)CC#N)c1. The number of nitriles is 1. The summed E-state index contributed by atoms with van der Waals surface area (Å²) in [6.45, 7) is 3.24. The van der Waals surface area contributed by atoms with Crippen LogP contribution in [-0.2, 0) is 9.59 Å². The minimum Gasteiger partial charge on any atom is -0.326 e. The average Bonchev–Trinajstić information content (AvgIpc) is 2.22. The molecule has 0 bridgehead atoms. The lowest BCUT2D eigenvalue weighted by atomic mass is 10.1. The van der Waals surface area contributed by atoms with Gasteiger partial charge in [0.05, 0.1) is 6.07 Å². The Labute approximate surface area is 99.4 Å². The third-order valence-electron chi connectivity index (χ3n) is 2.07. The Kier molecular flexibility index (Phi) is 4.23. The summed E-state index contributed by atoms with van der Waals surface area (Å²) < 4.78 is 0. The lowest BCUT2D eigenvalue weighted by Crippen LogP contribution is -2.12. The molecule has 0 fully saturated rings. The van der Waals surface area contributed by atoms with E-state index in [0.29, 0.717) is 11.4 Å². The smallest absolute Gasteiger partial charge is 0.238 e. The summed E-state index contributed by atoms with van der Waals surface area (Å²) in [7, 11) is 0. The van der Waals surface area contributed by atoms with Crippen LogP contribution in [0, 0.1) is 18.3 Å². The van der Waals surface area contributed by atoms with Crippen LogP contribution < -0.4 is 10.6 Å². The maximum atomic E-state index is 11.3. The third kappa shape index (κ3) is 3.95. The van der Waals surface area contributed by atoms with E-state index in [-0.39, 0.29) is 18.2 Å². The Hall–Kier alpha value is -2.35. The maximum absolute atomic E-state index is 11.3. The first-order valence-corrected chi connectivity index (χ1v) is 5.08. The molecular formula is C12H13N3O2. The first kappa shape index (κ1) is 12.7. The number of rotatable bonds is 3. The zero-order chi connectivity index (χ0) is 12.8. The van der Waals surface area contributed by atoms with Crippen LogP contribution in [0.5, 0.6) is 0 Å². The Balaban J connectivity index is 2.87. The summed E-state index contributed by atoms with van der Waals surface area (Å²) in [6, 6.07) is 6.96. The number of aryl methyl sites for hydroxylation is 1. The van der Waals surface area contributed by atoms with E-state index >= 15 is 0 Å². The number of nitrogens with one attached hydrogen (secondary N) is 2. The number of amides is 2. The van der Waals surface area contributed by atoms with Crippen LogP contribution in [0.3, 0.4) is 0 Å². The molecule has 0 atom stereocenters. The van der Waals surface area contributed by atoms with Crippen molar-refractivity contribution in [2.45, 2.75) is 20.3 Å². The third-order valence-corrected chi connectivity index (χ3v) is 2.07. The summed E-state index contributed by atoms with van der Waals surface area (Å²) in [4.78, 5) is 22.2. The molecule has 2 N–H and O–H groups in total. The summed E-state index contributed by atoms with van der Waals surface area (Å²) in [5, 5.41) is 13.6. The van der Waals surface area contributed by atoms with Crippen molar-refractivity contribution in [2.24, 2.45) is 0 Å². The molecular weight excluding hydrogens is 218 g/mol. The standard InChI is InChI=1S/C12H13N3O2/c1-8-3-4-10(14-9(2)16)7-11(8)15-12(17)5-6-13/h3-4,7H,5H2,1-2H3,(H,14,16)(H,15,17). The fourth-order valence-electron chi connectivity index (χ4n) is 1.30. The van der Waals surface area contributed by atoms with Crippen LogP contribution in [0.4, 0.5) is 11.4 Å². The number of hydrogen-bond donors (Lipinski definition) is 2. The second-order valence-electron chi connectivity index (χ2n) is 3.59. The molecule has 0 saturated carbocycles. The second-order valence-corrected chi connectivity index (χ2v) is 3.59. The molecule has 1 aromatic rings. The monoisotopic (exact) mass is 231 g/mol. The van der Waals surface area contributed by atoms with Gasteiger partial charge in [-0.2, -0.15) is 5.26 Å². The molecule has 5 heteroatoms. The Bertz CT molecular complexity index is 489. The van der Waals surface area contributed by atoms with Crippen molar-refractivity contribution < 1.29 is 9.59 Å². The van der Waals surface area contributed by atoms with Gasteiger partial charge in [-0.15, -0.1) is 0 Å². The molecule has 1 rings (SSSR count). The zero-order valence-electron chi connectivity index (χ0n) is 9.70. The Morgan fingerprint density at radius 2 is 2.06 bits per heavy atom. The van der Waals surface area contributed by atoms with Gasteiger partial charge < -0.3 is 10.6 Å². The molecule has 0 aromatic heterocycles. The Morgan fingerprint density at radius 3 is 2.65 bits per heavy atom. The number of hydrogen-bond acceptors (Lipinski definition) is 3. The molecule has 1 aromatic carbocycles. The average molecular weight is 231 g/mol. The molecule has 0 heterocycles. The number of carbonyl (C=O) groups is 2. The molecule has 5 nitrogen and oxygen atoms in total. The zero-order valence-corrected chi connectivity index (χ0v) is 9.70. The lowest BCUT2D eigenvalue weighted by molar-refractivity contribution is -0.115. The summed E-state index contributed by atoms with van der Waals surface area (Å²) in [5.74, 6) is -0.543. The molecule has 88 valence electrons. The quantitative estimate of drug-likeness (QED) is 0.832. The largest absolute Gasteiger partial charge is 0.326 e. The van der Waals surface area contributed by atoms with Gasteiger partial charge in [-0.3, -0.25) is 9.59 Å². The number of nitrogens with zero attached hydrogens (tertiary/aromatic N) is 1. The molecule has 0 spiro atoms. The van der Waals surface area contributed by atoms with Gasteiger partial charge in [-0.1, -0.05) is 6.07 Å². The molecule has 0 aliphatic heterocycles. The van der Waals surface area contributed by atoms with Crippen molar-refractivity contribution in [3.63, 3.8) is 0 Å². The molecule has 0 radical (unpaired) electrons. The molecule has 2 amide bonds. The van der Waals surface area contributed by atoms with E-state index in [1.807, 2.05) is 6.92 Å². The number of carbonyl (C=O) groups excluding carboxylic acids is 2. The fourth-order valence-corrected chi connectivity index (χ4v) is 1.30. The maximum Gasteiger partial charge on any atom is 0.238 e. The van der Waals surface area contributed by atoms with Gasteiger partial charge in [0.2, 0.25) is 11.8 Å². The highest BCUT2D eigenvalue weighted by atomic mass is 16.2. The number of benzene rings is 1. The summed E-state index contributed by atoms with van der Waals surface area (Å²) >= 11 is 0. The van der Waals surface area contributed by atoms with E-state index in [2.05, 4.69) is 10.6 Å². The first-order valence-electron chi connectivity index (χ1n) is 5.08. The minimum absolute atomic E-state index is 0.178. The predicted molar refractivity (Wildman–Crippen MR) is 64.3 cm³/mol. The van der Waals surface area contributed by atoms with Crippen LogP contribution in [-0.4, -0.2) is 11.8 Å². The highest BCUT2D eigenvalue weighted by molar-refractivity contribution is 5.94. The van der Waals surface area contributed by atoms with E-state index in [0.717, 1.165) is 5.56 Å². The fraction of sp³-hybridized carbons (Fsp3) is 0.250. The van der Waals surface area contributed by atoms with Crippen molar-refractivity contribution in [1.29, 1.82) is 5.26 Å². The lowest BCUT2D eigenvalue weighted by Gasteiger charge is -2.09. The van der Waals surface area contributed by atoms with E-state index in [1.54, 1.807) is 24.3 Å². The topological polar surface area (TPSA) is 82.0 Å². The molecule has 0 aliphatic rings. The van der Waals surface area contributed by atoms with Crippen LogP contribution >= 0.6 is 0 Å². The van der Waals surface area contributed by atoms with Crippen molar-refractivity contribution in [3.05, 3.63) is 23.8 Å². The van der Waals surface area contributed by atoms with Gasteiger partial charge in [0.1, 0.15) is 6.42 Å². The van der Waals surface area contributed by atoms with Crippen LogP contribution in [0.1, 0.15) is 18.9 Å². The summed E-state index contributed by atoms with van der Waals surface area (Å²) in [5.41, 5.74) is 2.07. The van der Waals surface area contributed by atoms with E-state index in [1.165, 1.54) is 6.92 Å². The first-order chi connectivity index (χ1) is 8.02. The van der Waals surface area contributed by atoms with Gasteiger partial charge in [-0.05, 0) is 24.6 Å². The van der Waals surface area contributed by atoms with Crippen LogP contribution in [0.25, 0.3) is 0 Å². The van der Waals surface area contributed by atoms with E-state index < -0.39 is 0 Å². The summed E-state index contributed by atoms with van der Waals surface area (Å²) in [6.07, 6.45) is -0.191. The van der Waals surface area contributed by atoms with E-state index in [9.17, 15) is 9.59 Å². The van der Waals surface area contributed by atoms with Gasteiger partial charge >= 0.3 is 0 Å². The highest BCUT2D eigenvalue weighted by Gasteiger charge is 2.05. The van der Waals surface area contributed by atoms with Crippen molar-refractivity contribution in [1.82, 2.24) is 0 Å². The minimum atomic E-state index is -0.365. The number of anilines is 2. The van der Waals surface area contributed by atoms with Gasteiger partial charge in [-0.25, -0.2) is 0 Å². The normalized spacial score (nSPS) is 9.24. The van der Waals surface area contributed by atoms with E-state index in [4.69, 9.17) is 5.26 Å². The van der Waals surface area contributed by atoms with Gasteiger partial charge in [0.15, 0.2) is 0 Å². The molecule has 0 unspecified atom stereocenters. The Morgan fingerprint density at radius 1 is 1.35 bits per heavy atom. The molecule has 0 aliphatic carbocycles. The van der Waals surface area contributed by atoms with Crippen molar-refractivity contribution in [3.8, 4) is 6.07 Å². The van der Waals surface area contributed by atoms with Gasteiger partial charge in [0, 0.05) is 18.3 Å². The molecule has 17 heavy (non-hydrogen) atoms. The van der Waals surface area contributed by atoms with Crippen molar-refractivity contribution in [2.75, 3.05) is 10.6 Å². The van der Waals surface area contributed by atoms with Crippen molar-refractivity contribution >= 4 is 23.2 Å². The van der Waals surface area contributed by atoms with Crippen LogP contribution in [0.2, 0.25) is 0 Å². The second kappa shape index (κ2) is 5.66. The predicted octanol–water partition coefficient (Wildman–Crippen LogP) is 1.81.